The lowest BCUT2D eigenvalue weighted by Gasteiger charge is -2.13. The van der Waals surface area contributed by atoms with Gasteiger partial charge in [-0.25, -0.2) is 0 Å². The van der Waals surface area contributed by atoms with Crippen molar-refractivity contribution in [3.63, 3.8) is 0 Å². The topological polar surface area (TPSA) is 80.6 Å². The molecule has 2 rings (SSSR count). The van der Waals surface area contributed by atoms with Gasteiger partial charge < -0.3 is 19.7 Å². The van der Waals surface area contributed by atoms with Crippen LogP contribution in [0.5, 0.6) is 5.75 Å². The molecule has 2 aromatic rings. The highest BCUT2D eigenvalue weighted by Crippen LogP contribution is 2.15. The predicted molar refractivity (Wildman–Crippen MR) is 83.3 cm³/mol. The fourth-order valence-corrected chi connectivity index (χ4v) is 2.14. The van der Waals surface area contributed by atoms with Crippen LogP contribution in [0.1, 0.15) is 5.69 Å². The van der Waals surface area contributed by atoms with Crippen LogP contribution in [0, 0.1) is 0 Å². The van der Waals surface area contributed by atoms with Crippen LogP contribution >= 0.6 is 11.6 Å². The zero-order valence-electron chi connectivity index (χ0n) is 11.9. The number of anilines is 1. The Kier molecular flexibility index (Phi) is 5.19. The molecule has 0 fully saturated rings. The highest BCUT2D eigenvalue weighted by Gasteiger charge is 2.10. The van der Waals surface area contributed by atoms with Gasteiger partial charge in [-0.3, -0.25) is 9.59 Å². The number of carbonyl (C=O) groups is 1. The summed E-state index contributed by atoms with van der Waals surface area (Å²) in [6.45, 7) is -0.428. The van der Waals surface area contributed by atoms with E-state index in [0.29, 0.717) is 16.4 Å². The van der Waals surface area contributed by atoms with Gasteiger partial charge in [-0.2, -0.15) is 0 Å². The van der Waals surface area contributed by atoms with E-state index in [9.17, 15) is 14.7 Å². The molecule has 0 saturated heterocycles. The second-order valence-electron chi connectivity index (χ2n) is 4.54. The zero-order valence-corrected chi connectivity index (χ0v) is 12.6. The van der Waals surface area contributed by atoms with E-state index < -0.39 is 0 Å². The molecule has 1 amide bonds. The third-order valence-corrected chi connectivity index (χ3v) is 3.22. The fraction of sp³-hybridized carbons (Fsp3) is 0.200. The normalized spacial score (nSPS) is 10.3. The van der Waals surface area contributed by atoms with Crippen molar-refractivity contribution in [1.82, 2.24) is 4.57 Å². The zero-order chi connectivity index (χ0) is 16.1. The molecule has 0 aliphatic heterocycles. The summed E-state index contributed by atoms with van der Waals surface area (Å²) < 4.78 is 6.40. The second kappa shape index (κ2) is 7.11. The maximum atomic E-state index is 12.1. The molecule has 0 atom stereocenters. The minimum Gasteiger partial charge on any atom is -0.491 e. The van der Waals surface area contributed by atoms with E-state index in [4.69, 9.17) is 16.3 Å². The maximum Gasteiger partial charge on any atom is 0.244 e. The molecule has 2 N–H and O–H groups in total. The number of nitrogens with zero attached hydrogens (tertiary/aromatic N) is 1. The molecule has 0 aliphatic carbocycles. The summed E-state index contributed by atoms with van der Waals surface area (Å²) in [4.78, 5) is 23.7. The molecule has 1 heterocycles. The molecule has 0 bridgehead atoms. The molecule has 0 aliphatic rings. The number of carbonyl (C=O) groups excluding carboxylic acids is 1. The monoisotopic (exact) mass is 322 g/mol. The van der Waals surface area contributed by atoms with Crippen LogP contribution in [0.4, 0.5) is 5.69 Å². The lowest BCUT2D eigenvalue weighted by Crippen LogP contribution is -2.23. The molecule has 22 heavy (non-hydrogen) atoms. The molecule has 0 spiro atoms. The number of pyridine rings is 1. The first kappa shape index (κ1) is 16.1. The van der Waals surface area contributed by atoms with Crippen molar-refractivity contribution >= 4 is 23.2 Å². The van der Waals surface area contributed by atoms with Crippen molar-refractivity contribution in [2.24, 2.45) is 0 Å². The summed E-state index contributed by atoms with van der Waals surface area (Å²) >= 11 is 5.85. The van der Waals surface area contributed by atoms with Gasteiger partial charge in [0.05, 0.1) is 19.9 Å². The molecule has 7 heteroatoms. The summed E-state index contributed by atoms with van der Waals surface area (Å²) in [5.74, 6) is -0.213. The van der Waals surface area contributed by atoms with Gasteiger partial charge in [0.15, 0.2) is 5.75 Å². The Morgan fingerprint density at radius 3 is 2.82 bits per heavy atom. The number of nitrogens with one attached hydrogen (secondary N) is 1. The Balaban J connectivity index is 2.19. The average molecular weight is 323 g/mol. The average Bonchev–Trinajstić information content (AvgIpc) is 2.48. The first-order valence-electron chi connectivity index (χ1n) is 6.47. The number of aliphatic hydroxyl groups excluding tert-OH is 1. The largest absolute Gasteiger partial charge is 0.491 e. The predicted octanol–water partition coefficient (Wildman–Crippen LogP) is 1.64. The van der Waals surface area contributed by atoms with E-state index >= 15 is 0 Å². The quantitative estimate of drug-likeness (QED) is 0.877. The number of methoxy groups -OCH3 is 1. The van der Waals surface area contributed by atoms with E-state index in [1.807, 2.05) is 0 Å². The Hall–Kier alpha value is -2.31. The van der Waals surface area contributed by atoms with Crippen molar-refractivity contribution in [2.75, 3.05) is 12.4 Å². The van der Waals surface area contributed by atoms with Gasteiger partial charge in [-0.05, 0) is 18.2 Å². The third-order valence-electron chi connectivity index (χ3n) is 2.99. The highest BCUT2D eigenvalue weighted by atomic mass is 35.5. The summed E-state index contributed by atoms with van der Waals surface area (Å²) in [7, 11) is 1.37. The van der Waals surface area contributed by atoms with Crippen molar-refractivity contribution in [3.05, 3.63) is 57.5 Å². The first-order chi connectivity index (χ1) is 10.5. The van der Waals surface area contributed by atoms with Crippen LogP contribution in [0.25, 0.3) is 0 Å². The van der Waals surface area contributed by atoms with Crippen LogP contribution in [0.15, 0.2) is 41.3 Å². The Labute approximate surface area is 131 Å². The van der Waals surface area contributed by atoms with Crippen LogP contribution in [-0.4, -0.2) is 22.7 Å². The lowest BCUT2D eigenvalue weighted by atomic mass is 10.3. The Morgan fingerprint density at radius 1 is 1.41 bits per heavy atom. The van der Waals surface area contributed by atoms with Gasteiger partial charge in [-0.15, -0.1) is 0 Å². The second-order valence-corrected chi connectivity index (χ2v) is 4.98. The molecule has 6 nitrogen and oxygen atoms in total. The van der Waals surface area contributed by atoms with E-state index in [-0.39, 0.29) is 30.2 Å². The van der Waals surface area contributed by atoms with Gasteiger partial charge in [0.2, 0.25) is 11.3 Å². The number of amides is 1. The summed E-state index contributed by atoms with van der Waals surface area (Å²) in [6.07, 6.45) is 1.39. The molecule has 116 valence electrons. The molecule has 1 aromatic heterocycles. The van der Waals surface area contributed by atoms with Gasteiger partial charge in [-0.1, -0.05) is 17.7 Å². The SMILES string of the molecule is COc1cn(CC(=O)Nc2cccc(Cl)c2)c(CO)cc1=O. The summed E-state index contributed by atoms with van der Waals surface area (Å²) in [6, 6.07) is 8.00. The standard InChI is InChI=1S/C15H15ClN2O4/c1-22-14-7-18(12(9-19)6-13(14)20)8-15(21)17-11-4-2-3-10(16)5-11/h2-7,19H,8-9H2,1H3,(H,17,21). The molecular weight excluding hydrogens is 308 g/mol. The Bertz CT molecular complexity index is 743. The van der Waals surface area contributed by atoms with E-state index in [0.717, 1.165) is 0 Å². The number of ether oxygens (including phenoxy) is 1. The van der Waals surface area contributed by atoms with Gasteiger partial charge in [0, 0.05) is 22.5 Å². The third kappa shape index (κ3) is 3.87. The van der Waals surface area contributed by atoms with Crippen molar-refractivity contribution in [3.8, 4) is 5.75 Å². The van der Waals surface area contributed by atoms with E-state index in [1.165, 1.54) is 23.9 Å². The molecule has 0 radical (unpaired) electrons. The van der Waals surface area contributed by atoms with Crippen molar-refractivity contribution in [1.29, 1.82) is 0 Å². The number of halogens is 1. The smallest absolute Gasteiger partial charge is 0.244 e. The van der Waals surface area contributed by atoms with Crippen molar-refractivity contribution < 1.29 is 14.6 Å². The van der Waals surface area contributed by atoms with Crippen molar-refractivity contribution in [2.45, 2.75) is 13.2 Å². The molecule has 0 saturated carbocycles. The van der Waals surface area contributed by atoms with Crippen LogP contribution in [0.3, 0.4) is 0 Å². The minimum absolute atomic E-state index is 0.0704. The molecular formula is C15H15ClN2O4. The maximum absolute atomic E-state index is 12.1. The summed E-state index contributed by atoms with van der Waals surface area (Å²) in [5, 5.41) is 12.5. The number of rotatable bonds is 5. The summed E-state index contributed by atoms with van der Waals surface area (Å²) in [5.41, 5.74) is 0.543. The number of benzene rings is 1. The van der Waals surface area contributed by atoms with E-state index in [1.54, 1.807) is 24.3 Å². The van der Waals surface area contributed by atoms with Crippen LogP contribution in [-0.2, 0) is 17.9 Å². The lowest BCUT2D eigenvalue weighted by molar-refractivity contribution is -0.116. The highest BCUT2D eigenvalue weighted by molar-refractivity contribution is 6.30. The Morgan fingerprint density at radius 2 is 2.18 bits per heavy atom. The number of aromatic nitrogens is 1. The first-order valence-corrected chi connectivity index (χ1v) is 6.85. The van der Waals surface area contributed by atoms with Crippen LogP contribution in [0.2, 0.25) is 5.02 Å². The molecule has 1 aromatic carbocycles. The van der Waals surface area contributed by atoms with Gasteiger partial charge >= 0.3 is 0 Å². The van der Waals surface area contributed by atoms with Crippen LogP contribution < -0.4 is 15.5 Å². The van der Waals surface area contributed by atoms with Gasteiger partial charge in [0.25, 0.3) is 0 Å². The number of hydrogen-bond donors (Lipinski definition) is 2. The molecule has 0 unspecified atom stereocenters. The number of hydrogen-bond acceptors (Lipinski definition) is 4. The van der Waals surface area contributed by atoms with E-state index in [2.05, 4.69) is 5.32 Å². The minimum atomic E-state index is -0.357. The fourth-order valence-electron chi connectivity index (χ4n) is 1.95. The van der Waals surface area contributed by atoms with Gasteiger partial charge in [0.1, 0.15) is 6.54 Å². The number of aliphatic hydroxyl groups is 1.